The monoisotopic (exact) mass is 267 g/mol. The maximum Gasteiger partial charge on any atom is 0.225 e. The van der Waals surface area contributed by atoms with Crippen LogP contribution in [0, 0.1) is 5.92 Å². The van der Waals surface area contributed by atoms with Crippen molar-refractivity contribution >= 4 is 11.7 Å². The van der Waals surface area contributed by atoms with E-state index in [-0.39, 0.29) is 23.7 Å². The lowest BCUT2D eigenvalue weighted by molar-refractivity contribution is -0.138. The van der Waals surface area contributed by atoms with Gasteiger partial charge in [0, 0.05) is 24.9 Å². The highest BCUT2D eigenvalue weighted by atomic mass is 16.2. The van der Waals surface area contributed by atoms with Crippen molar-refractivity contribution in [2.24, 2.45) is 5.92 Å². The number of carbonyl (C=O) groups excluding carboxylic acids is 2. The maximum absolute atomic E-state index is 12.6. The number of Topliss-reactive ketones (excluding diaryl/α,β-unsaturated/α-hetero) is 1. The molecule has 0 aromatic heterocycles. The first-order valence-electron chi connectivity index (χ1n) is 7.86. The summed E-state index contributed by atoms with van der Waals surface area (Å²) in [5.74, 6) is 0.569. The van der Waals surface area contributed by atoms with E-state index >= 15 is 0 Å². The van der Waals surface area contributed by atoms with E-state index in [1.807, 2.05) is 11.8 Å². The minimum atomic E-state index is 0.104. The zero-order chi connectivity index (χ0) is 14.3. The van der Waals surface area contributed by atoms with Crippen molar-refractivity contribution < 1.29 is 9.59 Å². The average Bonchev–Trinajstić information content (AvgIpc) is 2.59. The third-order valence-electron chi connectivity index (χ3n) is 4.10. The fourth-order valence-electron chi connectivity index (χ4n) is 2.93. The van der Waals surface area contributed by atoms with Crippen molar-refractivity contribution in [2.45, 2.75) is 78.2 Å². The van der Waals surface area contributed by atoms with Gasteiger partial charge < -0.3 is 4.90 Å². The minimum Gasteiger partial charge on any atom is -0.339 e. The van der Waals surface area contributed by atoms with E-state index in [1.165, 1.54) is 6.42 Å². The summed E-state index contributed by atoms with van der Waals surface area (Å²) in [6.45, 7) is 6.66. The van der Waals surface area contributed by atoms with Crippen molar-refractivity contribution in [1.82, 2.24) is 4.90 Å². The van der Waals surface area contributed by atoms with Gasteiger partial charge in [-0.05, 0) is 26.2 Å². The molecule has 19 heavy (non-hydrogen) atoms. The van der Waals surface area contributed by atoms with Crippen LogP contribution in [0.15, 0.2) is 0 Å². The molecule has 0 aliphatic carbocycles. The lowest BCUT2D eigenvalue weighted by Gasteiger charge is -2.32. The standard InChI is InChI=1S/C16H29NO2/c1-4-5-9-13(2)16(19)17-11-8-6-7-10-15(17)12-14(3)18/h13,15H,4-12H2,1-3H3. The molecule has 110 valence electrons. The summed E-state index contributed by atoms with van der Waals surface area (Å²) >= 11 is 0. The average molecular weight is 267 g/mol. The van der Waals surface area contributed by atoms with Crippen molar-refractivity contribution in [3.63, 3.8) is 0 Å². The predicted octanol–water partition coefficient (Wildman–Crippen LogP) is 3.56. The normalized spacial score (nSPS) is 21.8. The Kier molecular flexibility index (Phi) is 7.11. The van der Waals surface area contributed by atoms with E-state index in [4.69, 9.17) is 0 Å². The third-order valence-corrected chi connectivity index (χ3v) is 4.10. The highest BCUT2D eigenvalue weighted by Crippen LogP contribution is 2.23. The molecule has 2 unspecified atom stereocenters. The van der Waals surface area contributed by atoms with Crippen LogP contribution in [0.3, 0.4) is 0 Å². The largest absolute Gasteiger partial charge is 0.339 e. The Morgan fingerprint density at radius 1 is 1.26 bits per heavy atom. The molecule has 0 aromatic carbocycles. The molecule has 1 aliphatic heterocycles. The fraction of sp³-hybridized carbons (Fsp3) is 0.875. The number of likely N-dealkylation sites (tertiary alicyclic amines) is 1. The van der Waals surface area contributed by atoms with Crippen molar-refractivity contribution in [3.05, 3.63) is 0 Å². The zero-order valence-corrected chi connectivity index (χ0v) is 12.8. The SMILES string of the molecule is CCCCC(C)C(=O)N1CCCCCC1CC(C)=O. The van der Waals surface area contributed by atoms with Crippen molar-refractivity contribution in [2.75, 3.05) is 6.54 Å². The van der Waals surface area contributed by atoms with Crippen LogP contribution < -0.4 is 0 Å². The Morgan fingerprint density at radius 3 is 2.63 bits per heavy atom. The molecule has 1 fully saturated rings. The van der Waals surface area contributed by atoms with E-state index < -0.39 is 0 Å². The van der Waals surface area contributed by atoms with Gasteiger partial charge in [-0.3, -0.25) is 9.59 Å². The Balaban J connectivity index is 2.67. The first kappa shape index (κ1) is 16.2. The number of unbranched alkanes of at least 4 members (excludes halogenated alkanes) is 1. The predicted molar refractivity (Wildman–Crippen MR) is 78.0 cm³/mol. The number of ketones is 1. The van der Waals surface area contributed by atoms with E-state index in [0.29, 0.717) is 6.42 Å². The lowest BCUT2D eigenvalue weighted by Crippen LogP contribution is -2.43. The second-order valence-electron chi connectivity index (χ2n) is 5.98. The van der Waals surface area contributed by atoms with Gasteiger partial charge in [-0.1, -0.05) is 39.5 Å². The molecule has 3 heteroatoms. The molecule has 1 amide bonds. The second kappa shape index (κ2) is 8.34. The van der Waals surface area contributed by atoms with Gasteiger partial charge in [0.15, 0.2) is 0 Å². The van der Waals surface area contributed by atoms with Gasteiger partial charge in [0.25, 0.3) is 0 Å². The van der Waals surface area contributed by atoms with Crippen LogP contribution in [0.2, 0.25) is 0 Å². The Hall–Kier alpha value is -0.860. The Morgan fingerprint density at radius 2 is 2.00 bits per heavy atom. The lowest BCUT2D eigenvalue weighted by atomic mass is 9.99. The quantitative estimate of drug-likeness (QED) is 0.738. The summed E-state index contributed by atoms with van der Waals surface area (Å²) < 4.78 is 0. The molecule has 0 radical (unpaired) electrons. The molecule has 1 rings (SSSR count). The van der Waals surface area contributed by atoms with Crippen molar-refractivity contribution in [3.8, 4) is 0 Å². The summed E-state index contributed by atoms with van der Waals surface area (Å²) in [7, 11) is 0. The van der Waals surface area contributed by atoms with E-state index in [2.05, 4.69) is 6.92 Å². The number of carbonyl (C=O) groups is 2. The topological polar surface area (TPSA) is 37.4 Å². The van der Waals surface area contributed by atoms with Gasteiger partial charge in [-0.15, -0.1) is 0 Å². The Labute approximate surface area is 117 Å². The van der Waals surface area contributed by atoms with Crippen molar-refractivity contribution in [1.29, 1.82) is 0 Å². The highest BCUT2D eigenvalue weighted by molar-refractivity contribution is 5.81. The zero-order valence-electron chi connectivity index (χ0n) is 12.8. The number of amides is 1. The molecule has 3 nitrogen and oxygen atoms in total. The molecule has 1 aliphatic rings. The number of rotatable bonds is 6. The maximum atomic E-state index is 12.6. The van der Waals surface area contributed by atoms with Crippen LogP contribution in [-0.4, -0.2) is 29.2 Å². The van der Waals surface area contributed by atoms with E-state index in [9.17, 15) is 9.59 Å². The smallest absolute Gasteiger partial charge is 0.225 e. The fourth-order valence-corrected chi connectivity index (χ4v) is 2.93. The van der Waals surface area contributed by atoms with Gasteiger partial charge in [0.05, 0.1) is 0 Å². The van der Waals surface area contributed by atoms with Gasteiger partial charge in [0.2, 0.25) is 5.91 Å². The van der Waals surface area contributed by atoms with Crippen LogP contribution in [0.4, 0.5) is 0 Å². The molecular formula is C16H29NO2. The van der Waals surface area contributed by atoms with Crippen LogP contribution in [-0.2, 0) is 9.59 Å². The Bertz CT molecular complexity index is 301. The molecule has 0 bridgehead atoms. The summed E-state index contributed by atoms with van der Waals surface area (Å²) in [5, 5.41) is 0. The van der Waals surface area contributed by atoms with Gasteiger partial charge in [-0.2, -0.15) is 0 Å². The summed E-state index contributed by atoms with van der Waals surface area (Å²) in [6, 6.07) is 0.150. The number of hydrogen-bond acceptors (Lipinski definition) is 2. The summed E-state index contributed by atoms with van der Waals surface area (Å²) in [5.41, 5.74) is 0. The molecule has 0 aromatic rings. The third kappa shape index (κ3) is 5.33. The van der Waals surface area contributed by atoms with Crippen LogP contribution in [0.1, 0.15) is 72.1 Å². The molecule has 0 spiro atoms. The van der Waals surface area contributed by atoms with Crippen LogP contribution in [0.25, 0.3) is 0 Å². The molecule has 0 saturated carbocycles. The van der Waals surface area contributed by atoms with Gasteiger partial charge in [0.1, 0.15) is 5.78 Å². The van der Waals surface area contributed by atoms with Crippen LogP contribution >= 0.6 is 0 Å². The number of nitrogens with zero attached hydrogens (tertiary/aromatic N) is 1. The molecule has 0 N–H and O–H groups in total. The van der Waals surface area contributed by atoms with Gasteiger partial charge >= 0.3 is 0 Å². The molecular weight excluding hydrogens is 238 g/mol. The minimum absolute atomic E-state index is 0.104. The molecule has 1 saturated heterocycles. The summed E-state index contributed by atoms with van der Waals surface area (Å²) in [4.78, 5) is 26.0. The van der Waals surface area contributed by atoms with Gasteiger partial charge in [-0.25, -0.2) is 0 Å². The van der Waals surface area contributed by atoms with Crippen LogP contribution in [0.5, 0.6) is 0 Å². The summed E-state index contributed by atoms with van der Waals surface area (Å²) in [6.07, 6.45) is 8.15. The first-order chi connectivity index (χ1) is 9.06. The second-order valence-corrected chi connectivity index (χ2v) is 5.98. The van der Waals surface area contributed by atoms with E-state index in [1.54, 1.807) is 6.92 Å². The van der Waals surface area contributed by atoms with E-state index in [0.717, 1.165) is 45.1 Å². The highest BCUT2D eigenvalue weighted by Gasteiger charge is 2.28. The number of hydrogen-bond donors (Lipinski definition) is 0. The molecule has 1 heterocycles. The molecule has 2 atom stereocenters. The first-order valence-corrected chi connectivity index (χ1v) is 7.86.